The van der Waals surface area contributed by atoms with Crippen LogP contribution in [0.15, 0.2) is 12.1 Å². The Morgan fingerprint density at radius 2 is 1.74 bits per heavy atom. The first-order valence-electron chi connectivity index (χ1n) is 8.25. The van der Waals surface area contributed by atoms with Crippen LogP contribution in [-0.2, 0) is 0 Å². The third-order valence-electron chi connectivity index (χ3n) is 4.36. The van der Waals surface area contributed by atoms with Gasteiger partial charge in [-0.2, -0.15) is 16.7 Å². The molecule has 0 saturated carbocycles. The lowest BCUT2D eigenvalue weighted by Gasteiger charge is -2.31. The summed E-state index contributed by atoms with van der Waals surface area (Å²) in [7, 11) is 0. The zero-order chi connectivity index (χ0) is 15.6. The molecule has 23 heavy (non-hydrogen) atoms. The molecule has 2 aliphatic heterocycles. The van der Waals surface area contributed by atoms with Gasteiger partial charge in [0.2, 0.25) is 5.95 Å². The summed E-state index contributed by atoms with van der Waals surface area (Å²) in [6.07, 6.45) is 0. The molecule has 0 atom stereocenters. The zero-order valence-electron chi connectivity index (χ0n) is 13.5. The predicted molar refractivity (Wildman–Crippen MR) is 96.7 cm³/mol. The van der Waals surface area contributed by atoms with Crippen molar-refractivity contribution in [2.45, 2.75) is 6.92 Å². The largest absolute Gasteiger partial charge is 0.352 e. The van der Waals surface area contributed by atoms with Crippen LogP contribution in [0.3, 0.4) is 0 Å². The fraction of sp³-hybridized carbons (Fsp3) is 0.562. The van der Waals surface area contributed by atoms with E-state index in [0.29, 0.717) is 0 Å². The van der Waals surface area contributed by atoms with Gasteiger partial charge in [0.15, 0.2) is 5.82 Å². The Morgan fingerprint density at radius 3 is 2.52 bits per heavy atom. The monoisotopic (exact) mass is 330 g/mol. The highest BCUT2D eigenvalue weighted by Gasteiger charge is 2.21. The summed E-state index contributed by atoms with van der Waals surface area (Å²) in [6.45, 7) is 8.00. The number of anilines is 2. The first-order chi connectivity index (χ1) is 11.3. The summed E-state index contributed by atoms with van der Waals surface area (Å²) in [5.41, 5.74) is 2.90. The predicted octanol–water partition coefficient (Wildman–Crippen LogP) is 1.30. The molecule has 0 aliphatic carbocycles. The lowest BCUT2D eigenvalue weighted by atomic mass is 10.2. The summed E-state index contributed by atoms with van der Waals surface area (Å²) in [6, 6.07) is 4.11. The van der Waals surface area contributed by atoms with Gasteiger partial charge in [-0.15, -0.1) is 0 Å². The van der Waals surface area contributed by atoms with Gasteiger partial charge < -0.3 is 15.1 Å². The van der Waals surface area contributed by atoms with Crippen LogP contribution in [0.5, 0.6) is 0 Å². The van der Waals surface area contributed by atoms with Crippen LogP contribution in [-0.4, -0.2) is 65.7 Å². The van der Waals surface area contributed by atoms with Crippen molar-refractivity contribution in [1.29, 1.82) is 0 Å². The van der Waals surface area contributed by atoms with Crippen molar-refractivity contribution in [3.63, 3.8) is 0 Å². The molecule has 0 radical (unpaired) electrons. The molecule has 1 N–H and O–H groups in total. The summed E-state index contributed by atoms with van der Waals surface area (Å²) in [5, 5.41) is 3.40. The van der Waals surface area contributed by atoms with Gasteiger partial charge in [-0.3, -0.25) is 0 Å². The summed E-state index contributed by atoms with van der Waals surface area (Å²) < 4.78 is 0. The summed E-state index contributed by atoms with van der Waals surface area (Å²) in [5.74, 6) is 4.15. The molecule has 0 aromatic carbocycles. The van der Waals surface area contributed by atoms with Crippen LogP contribution in [0.2, 0.25) is 0 Å². The van der Waals surface area contributed by atoms with E-state index in [9.17, 15) is 0 Å². The highest BCUT2D eigenvalue weighted by molar-refractivity contribution is 7.99. The van der Waals surface area contributed by atoms with Crippen molar-refractivity contribution in [2.24, 2.45) is 0 Å². The molecule has 2 saturated heterocycles. The number of thioether (sulfide) groups is 1. The average Bonchev–Trinajstić information content (AvgIpc) is 2.62. The van der Waals surface area contributed by atoms with Crippen molar-refractivity contribution >= 4 is 34.6 Å². The molecular weight excluding hydrogens is 308 g/mol. The van der Waals surface area contributed by atoms with E-state index in [1.165, 1.54) is 0 Å². The van der Waals surface area contributed by atoms with E-state index in [0.717, 1.165) is 79.3 Å². The molecule has 0 spiro atoms. The van der Waals surface area contributed by atoms with Gasteiger partial charge in [0, 0.05) is 56.5 Å². The molecule has 0 bridgehead atoms. The van der Waals surface area contributed by atoms with Gasteiger partial charge in [-0.1, -0.05) is 0 Å². The number of hydrogen-bond donors (Lipinski definition) is 1. The molecule has 4 rings (SSSR count). The number of fused-ring (bicyclic) bond motifs is 1. The maximum absolute atomic E-state index is 4.93. The standard InChI is InChI=1S/C16H22N6S/c1-12-2-3-13-14(18-12)15(21-6-4-17-5-7-21)20-16(19-13)22-8-10-23-11-9-22/h2-3,17H,4-11H2,1H3. The Bertz CT molecular complexity index is 694. The lowest BCUT2D eigenvalue weighted by molar-refractivity contribution is 0.585. The normalized spacial score (nSPS) is 19.3. The Balaban J connectivity index is 1.80. The number of nitrogens with one attached hydrogen (secondary N) is 1. The second-order valence-electron chi connectivity index (χ2n) is 6.00. The van der Waals surface area contributed by atoms with E-state index in [1.54, 1.807) is 0 Å². The first-order valence-corrected chi connectivity index (χ1v) is 9.40. The van der Waals surface area contributed by atoms with Crippen LogP contribution >= 0.6 is 11.8 Å². The second kappa shape index (κ2) is 6.49. The van der Waals surface area contributed by atoms with Gasteiger partial charge in [-0.05, 0) is 19.1 Å². The maximum atomic E-state index is 4.93. The molecule has 0 unspecified atom stereocenters. The minimum atomic E-state index is 0.858. The molecule has 2 fully saturated rings. The summed E-state index contributed by atoms with van der Waals surface area (Å²) in [4.78, 5) is 19.1. The van der Waals surface area contributed by atoms with Crippen molar-refractivity contribution in [3.8, 4) is 0 Å². The summed E-state index contributed by atoms with van der Waals surface area (Å²) >= 11 is 2.00. The first kappa shape index (κ1) is 15.0. The molecule has 2 aromatic heterocycles. The van der Waals surface area contributed by atoms with Crippen molar-refractivity contribution in [1.82, 2.24) is 20.3 Å². The fourth-order valence-electron chi connectivity index (χ4n) is 3.09. The number of rotatable bonds is 2. The number of hydrogen-bond acceptors (Lipinski definition) is 7. The zero-order valence-corrected chi connectivity index (χ0v) is 14.3. The molecule has 7 heteroatoms. The SMILES string of the molecule is Cc1ccc2nc(N3CCSCC3)nc(N3CCNCC3)c2n1. The maximum Gasteiger partial charge on any atom is 0.228 e. The number of aromatic nitrogens is 3. The molecular formula is C16H22N6S. The quantitative estimate of drug-likeness (QED) is 0.890. The van der Waals surface area contributed by atoms with Crippen molar-refractivity contribution in [3.05, 3.63) is 17.8 Å². The van der Waals surface area contributed by atoms with Gasteiger partial charge >= 0.3 is 0 Å². The topological polar surface area (TPSA) is 57.2 Å². The van der Waals surface area contributed by atoms with Gasteiger partial charge in [-0.25, -0.2) is 9.97 Å². The smallest absolute Gasteiger partial charge is 0.228 e. The van der Waals surface area contributed by atoms with E-state index in [2.05, 4.69) is 21.2 Å². The van der Waals surface area contributed by atoms with Gasteiger partial charge in [0.1, 0.15) is 5.52 Å². The van der Waals surface area contributed by atoms with E-state index in [4.69, 9.17) is 15.0 Å². The molecule has 2 aromatic rings. The molecule has 6 nitrogen and oxygen atoms in total. The Labute approximate surface area is 140 Å². The van der Waals surface area contributed by atoms with Crippen LogP contribution in [0.1, 0.15) is 5.69 Å². The average molecular weight is 330 g/mol. The highest BCUT2D eigenvalue weighted by Crippen LogP contribution is 2.27. The van der Waals surface area contributed by atoms with Crippen LogP contribution in [0, 0.1) is 6.92 Å². The Hall–Kier alpha value is -1.60. The van der Waals surface area contributed by atoms with Crippen molar-refractivity contribution < 1.29 is 0 Å². The van der Waals surface area contributed by atoms with Crippen LogP contribution < -0.4 is 15.1 Å². The molecule has 2 aliphatic rings. The highest BCUT2D eigenvalue weighted by atomic mass is 32.2. The number of pyridine rings is 1. The fourth-order valence-corrected chi connectivity index (χ4v) is 3.99. The molecule has 4 heterocycles. The third-order valence-corrected chi connectivity index (χ3v) is 5.30. The Morgan fingerprint density at radius 1 is 0.957 bits per heavy atom. The minimum Gasteiger partial charge on any atom is -0.352 e. The lowest BCUT2D eigenvalue weighted by Crippen LogP contribution is -2.44. The van der Waals surface area contributed by atoms with Gasteiger partial charge in [0.05, 0.1) is 5.52 Å². The number of nitrogens with zero attached hydrogens (tertiary/aromatic N) is 5. The van der Waals surface area contributed by atoms with Crippen LogP contribution in [0.25, 0.3) is 11.0 Å². The minimum absolute atomic E-state index is 0.858. The van der Waals surface area contributed by atoms with Crippen molar-refractivity contribution in [2.75, 3.05) is 60.6 Å². The van der Waals surface area contributed by atoms with E-state index >= 15 is 0 Å². The number of aryl methyl sites for hydroxylation is 1. The van der Waals surface area contributed by atoms with E-state index in [1.807, 2.05) is 24.8 Å². The Kier molecular flexibility index (Phi) is 4.22. The van der Waals surface area contributed by atoms with E-state index < -0.39 is 0 Å². The van der Waals surface area contributed by atoms with Gasteiger partial charge in [0.25, 0.3) is 0 Å². The number of piperazine rings is 1. The third kappa shape index (κ3) is 3.07. The molecule has 122 valence electrons. The van der Waals surface area contributed by atoms with Crippen LogP contribution in [0.4, 0.5) is 11.8 Å². The second-order valence-corrected chi connectivity index (χ2v) is 7.23. The molecule has 0 amide bonds. The van der Waals surface area contributed by atoms with E-state index in [-0.39, 0.29) is 0 Å².